The molecular weight excluding hydrogens is 501 g/mol. The molecular formula is C24H18ClF3N4O4. The third-order valence-corrected chi connectivity index (χ3v) is 6.00. The van der Waals surface area contributed by atoms with Gasteiger partial charge in [0.25, 0.3) is 5.91 Å². The van der Waals surface area contributed by atoms with Crippen LogP contribution in [-0.2, 0) is 4.74 Å². The molecule has 1 amide bonds. The van der Waals surface area contributed by atoms with Gasteiger partial charge in [0.15, 0.2) is 5.82 Å². The quantitative estimate of drug-likeness (QED) is 0.441. The lowest BCUT2D eigenvalue weighted by atomic mass is 9.94. The molecule has 0 unspecified atom stereocenters. The average molecular weight is 519 g/mol. The van der Waals surface area contributed by atoms with E-state index in [1.54, 1.807) is 6.07 Å². The molecule has 1 saturated heterocycles. The fraction of sp³-hybridized carbons (Fsp3) is 0.250. The number of carbonyl (C=O) groups is 1. The van der Waals surface area contributed by atoms with Crippen molar-refractivity contribution in [2.75, 3.05) is 11.2 Å². The molecule has 0 spiro atoms. The Kier molecular flexibility index (Phi) is 7.51. The third kappa shape index (κ3) is 4.89. The zero-order valence-corrected chi connectivity index (χ0v) is 19.1. The van der Waals surface area contributed by atoms with E-state index in [-0.39, 0.29) is 23.7 Å². The average Bonchev–Trinajstić information content (AvgIpc) is 2.87. The lowest BCUT2D eigenvalue weighted by Gasteiger charge is -2.37. The van der Waals surface area contributed by atoms with Crippen molar-refractivity contribution in [2.45, 2.75) is 30.8 Å². The largest absolute Gasteiger partial charge is 0.390 e. The molecule has 3 aromatic rings. The molecule has 12 heteroatoms. The molecule has 1 aliphatic rings. The highest BCUT2D eigenvalue weighted by Gasteiger charge is 2.37. The first kappa shape index (κ1) is 25.5. The van der Waals surface area contributed by atoms with Gasteiger partial charge in [-0.2, -0.15) is 5.26 Å². The summed E-state index contributed by atoms with van der Waals surface area (Å²) in [7, 11) is 0. The fourth-order valence-corrected chi connectivity index (χ4v) is 4.11. The molecule has 1 fully saturated rings. The number of ether oxygens (including phenoxy) is 1. The minimum Gasteiger partial charge on any atom is -0.390 e. The first-order valence-corrected chi connectivity index (χ1v) is 11.2. The van der Waals surface area contributed by atoms with Gasteiger partial charge in [0.1, 0.15) is 41.3 Å². The Balaban J connectivity index is 1.65. The van der Waals surface area contributed by atoms with Crippen molar-refractivity contribution in [3.05, 3.63) is 77.0 Å². The Morgan fingerprint density at radius 2 is 1.94 bits per heavy atom. The topological polar surface area (TPSA) is 128 Å². The fourth-order valence-electron chi connectivity index (χ4n) is 3.86. The minimum absolute atomic E-state index is 0.00811. The number of nitrogens with zero attached hydrogens (tertiary/aromatic N) is 3. The van der Waals surface area contributed by atoms with Crippen LogP contribution in [0.15, 0.2) is 42.7 Å². The second-order valence-electron chi connectivity index (χ2n) is 7.95. The van der Waals surface area contributed by atoms with Crippen LogP contribution < -0.4 is 5.32 Å². The summed E-state index contributed by atoms with van der Waals surface area (Å²) in [6, 6.07) is 6.64. The summed E-state index contributed by atoms with van der Waals surface area (Å²) in [5.74, 6) is -4.50. The number of alkyl halides is 1. The Hall–Kier alpha value is -3.56. The number of carbonyl (C=O) groups excluding carboxylic acids is 1. The zero-order valence-electron chi connectivity index (χ0n) is 18.3. The lowest BCUT2D eigenvalue weighted by molar-refractivity contribution is -0.162. The van der Waals surface area contributed by atoms with Gasteiger partial charge in [-0.15, -0.1) is 11.6 Å². The number of pyridine rings is 2. The van der Waals surface area contributed by atoms with Crippen LogP contribution in [0.5, 0.6) is 0 Å². The second kappa shape index (κ2) is 10.6. The van der Waals surface area contributed by atoms with E-state index in [2.05, 4.69) is 15.3 Å². The maximum absolute atomic E-state index is 14.6. The van der Waals surface area contributed by atoms with Crippen LogP contribution in [0.25, 0.3) is 11.3 Å². The maximum atomic E-state index is 14.6. The van der Waals surface area contributed by atoms with E-state index in [4.69, 9.17) is 21.6 Å². The molecule has 4 rings (SSSR count). The van der Waals surface area contributed by atoms with Crippen molar-refractivity contribution in [1.29, 1.82) is 5.26 Å². The first-order chi connectivity index (χ1) is 17.2. The lowest BCUT2D eigenvalue weighted by Crippen LogP contribution is -2.46. The van der Waals surface area contributed by atoms with Gasteiger partial charge in [-0.05, 0) is 30.3 Å². The molecule has 0 saturated carbocycles. The summed E-state index contributed by atoms with van der Waals surface area (Å²) in [5, 5.41) is 31.8. The number of amides is 1. The summed E-state index contributed by atoms with van der Waals surface area (Å²) in [4.78, 5) is 20.7. The summed E-state index contributed by atoms with van der Waals surface area (Å²) >= 11 is 5.83. The van der Waals surface area contributed by atoms with Gasteiger partial charge >= 0.3 is 0 Å². The third-order valence-electron chi connectivity index (χ3n) is 5.70. The van der Waals surface area contributed by atoms with Crippen LogP contribution in [0.2, 0.25) is 0 Å². The predicted molar refractivity (Wildman–Crippen MR) is 121 cm³/mol. The Labute approximate surface area is 208 Å². The summed E-state index contributed by atoms with van der Waals surface area (Å²) in [6.45, 7) is 0. The van der Waals surface area contributed by atoms with Gasteiger partial charge in [-0.1, -0.05) is 0 Å². The molecule has 8 nitrogen and oxygen atoms in total. The number of hydrogen-bond donors (Lipinski definition) is 3. The van der Waals surface area contributed by atoms with Gasteiger partial charge in [0, 0.05) is 18.2 Å². The standard InChI is InChI=1S/C24H18ClF3N4O4/c25-8-19-23(34)17(33)7-18(36-19)12-5-6-30-10-16(12)32-24(35)15-4-3-14(27)22(31-15)20-13(26)2-1-11(9-29)21(20)28/h1-6,10,17-19,23,33-34H,7-8H2,(H,32,35)/t17-,18-,19-,23+/m1/s1. The van der Waals surface area contributed by atoms with Crippen LogP contribution in [0.4, 0.5) is 18.9 Å². The highest BCUT2D eigenvalue weighted by molar-refractivity contribution is 6.18. The Morgan fingerprint density at radius 1 is 1.19 bits per heavy atom. The molecule has 36 heavy (non-hydrogen) atoms. The van der Waals surface area contributed by atoms with Crippen LogP contribution in [-0.4, -0.2) is 50.3 Å². The number of anilines is 1. The number of halogens is 4. The van der Waals surface area contributed by atoms with Crippen molar-refractivity contribution in [3.8, 4) is 17.3 Å². The molecule has 0 radical (unpaired) electrons. The van der Waals surface area contributed by atoms with Crippen molar-refractivity contribution in [1.82, 2.24) is 9.97 Å². The van der Waals surface area contributed by atoms with Crippen LogP contribution in [0.3, 0.4) is 0 Å². The number of nitriles is 1. The van der Waals surface area contributed by atoms with E-state index in [9.17, 15) is 28.2 Å². The van der Waals surface area contributed by atoms with Crippen molar-refractivity contribution >= 4 is 23.2 Å². The van der Waals surface area contributed by atoms with E-state index in [1.165, 1.54) is 18.5 Å². The zero-order chi connectivity index (χ0) is 26.0. The number of benzene rings is 1. The Bertz CT molecular complexity index is 1350. The maximum Gasteiger partial charge on any atom is 0.274 e. The van der Waals surface area contributed by atoms with E-state index in [1.807, 2.05) is 0 Å². The molecule has 4 atom stereocenters. The van der Waals surface area contributed by atoms with Crippen LogP contribution >= 0.6 is 11.6 Å². The number of rotatable bonds is 5. The van der Waals surface area contributed by atoms with Crippen molar-refractivity contribution in [2.24, 2.45) is 0 Å². The van der Waals surface area contributed by atoms with Crippen molar-refractivity contribution < 1.29 is 32.9 Å². The smallest absolute Gasteiger partial charge is 0.274 e. The van der Waals surface area contributed by atoms with Crippen molar-refractivity contribution in [3.63, 3.8) is 0 Å². The predicted octanol–water partition coefficient (Wildman–Crippen LogP) is 3.48. The summed E-state index contributed by atoms with van der Waals surface area (Å²) in [6.07, 6.45) is -1.16. The van der Waals surface area contributed by atoms with Gasteiger partial charge < -0.3 is 20.3 Å². The van der Waals surface area contributed by atoms with Gasteiger partial charge in [0.05, 0.1) is 41.1 Å². The summed E-state index contributed by atoms with van der Waals surface area (Å²) in [5.41, 5.74) is -1.96. The molecule has 1 aromatic carbocycles. The van der Waals surface area contributed by atoms with E-state index in [0.29, 0.717) is 5.56 Å². The number of aliphatic hydroxyl groups excluding tert-OH is 2. The molecule has 0 aliphatic carbocycles. The minimum atomic E-state index is -1.31. The monoisotopic (exact) mass is 518 g/mol. The highest BCUT2D eigenvalue weighted by atomic mass is 35.5. The number of aliphatic hydroxyl groups is 2. The normalized spacial score (nSPS) is 21.6. The number of hydrogen-bond acceptors (Lipinski definition) is 7. The molecule has 2 aromatic heterocycles. The molecule has 3 N–H and O–H groups in total. The molecule has 0 bridgehead atoms. The number of nitrogens with one attached hydrogen (secondary N) is 1. The van der Waals surface area contributed by atoms with Crippen LogP contribution in [0, 0.1) is 28.8 Å². The number of aromatic nitrogens is 2. The van der Waals surface area contributed by atoms with E-state index in [0.717, 1.165) is 24.3 Å². The van der Waals surface area contributed by atoms with Gasteiger partial charge in [-0.3, -0.25) is 9.78 Å². The molecule has 1 aliphatic heterocycles. The van der Waals surface area contributed by atoms with Crippen LogP contribution in [0.1, 0.15) is 34.1 Å². The molecule has 3 heterocycles. The molecule has 186 valence electrons. The van der Waals surface area contributed by atoms with Gasteiger partial charge in [0.2, 0.25) is 0 Å². The van der Waals surface area contributed by atoms with Gasteiger partial charge in [-0.25, -0.2) is 18.2 Å². The second-order valence-corrected chi connectivity index (χ2v) is 8.26. The van der Waals surface area contributed by atoms with E-state index < -0.39 is 64.6 Å². The Morgan fingerprint density at radius 3 is 2.67 bits per heavy atom. The highest BCUT2D eigenvalue weighted by Crippen LogP contribution is 2.36. The SMILES string of the molecule is N#Cc1ccc(F)c(-c2nc(C(=O)Nc3cnccc3[C@H]3C[C@@H](O)[C@H](O)[C@@H](CCl)O3)ccc2F)c1F. The first-order valence-electron chi connectivity index (χ1n) is 10.6. The summed E-state index contributed by atoms with van der Waals surface area (Å²) < 4.78 is 49.3. The van der Waals surface area contributed by atoms with E-state index >= 15 is 0 Å².